The standard InChI is InChI=1S/C9H9FN2/c1-6-3-9(12-2)7(5-11)4-8(6)10/h3-4,12H,1-2H3. The molecule has 62 valence electrons. The summed E-state index contributed by atoms with van der Waals surface area (Å²) >= 11 is 0. The van der Waals surface area contributed by atoms with E-state index in [1.807, 2.05) is 6.07 Å². The first kappa shape index (κ1) is 8.54. The molecule has 2 nitrogen and oxygen atoms in total. The fraction of sp³-hybridized carbons (Fsp3) is 0.222. The molecule has 0 aliphatic carbocycles. The zero-order valence-corrected chi connectivity index (χ0v) is 6.98. The highest BCUT2D eigenvalue weighted by Crippen LogP contribution is 2.18. The number of nitriles is 1. The lowest BCUT2D eigenvalue weighted by molar-refractivity contribution is 0.618. The van der Waals surface area contributed by atoms with Gasteiger partial charge in [0.2, 0.25) is 0 Å². The molecule has 0 saturated carbocycles. The summed E-state index contributed by atoms with van der Waals surface area (Å²) in [5, 5.41) is 11.4. The summed E-state index contributed by atoms with van der Waals surface area (Å²) in [7, 11) is 1.70. The lowest BCUT2D eigenvalue weighted by atomic mass is 10.1. The summed E-state index contributed by atoms with van der Waals surface area (Å²) in [5.74, 6) is -0.342. The van der Waals surface area contributed by atoms with Gasteiger partial charge in [0, 0.05) is 7.05 Å². The van der Waals surface area contributed by atoms with Crippen LogP contribution in [0.3, 0.4) is 0 Å². The van der Waals surface area contributed by atoms with Gasteiger partial charge in [-0.1, -0.05) is 0 Å². The predicted molar refractivity (Wildman–Crippen MR) is 45.4 cm³/mol. The molecule has 0 aliphatic rings. The highest BCUT2D eigenvalue weighted by Gasteiger charge is 2.04. The second kappa shape index (κ2) is 3.22. The number of hydrogen-bond donors (Lipinski definition) is 1. The van der Waals surface area contributed by atoms with Crippen molar-refractivity contribution in [1.82, 2.24) is 0 Å². The van der Waals surface area contributed by atoms with Crippen molar-refractivity contribution >= 4 is 5.69 Å². The molecule has 0 heterocycles. The van der Waals surface area contributed by atoms with Gasteiger partial charge >= 0.3 is 0 Å². The number of benzene rings is 1. The Bertz CT molecular complexity index is 339. The van der Waals surface area contributed by atoms with E-state index < -0.39 is 0 Å². The maximum Gasteiger partial charge on any atom is 0.127 e. The van der Waals surface area contributed by atoms with Crippen LogP contribution in [-0.4, -0.2) is 7.05 Å². The summed E-state index contributed by atoms with van der Waals surface area (Å²) < 4.78 is 12.9. The Morgan fingerprint density at radius 1 is 1.50 bits per heavy atom. The molecule has 0 bridgehead atoms. The fourth-order valence-electron chi connectivity index (χ4n) is 0.981. The molecule has 0 amide bonds. The Morgan fingerprint density at radius 2 is 2.17 bits per heavy atom. The number of nitrogens with zero attached hydrogens (tertiary/aromatic N) is 1. The molecule has 12 heavy (non-hydrogen) atoms. The van der Waals surface area contributed by atoms with Crippen molar-refractivity contribution in [2.24, 2.45) is 0 Å². The minimum absolute atomic E-state index is 0.334. The molecule has 1 aromatic carbocycles. The van der Waals surface area contributed by atoms with Gasteiger partial charge in [0.1, 0.15) is 11.9 Å². The average Bonchev–Trinajstić information content (AvgIpc) is 2.09. The molecule has 0 saturated heterocycles. The second-order valence-electron chi connectivity index (χ2n) is 2.51. The summed E-state index contributed by atoms with van der Waals surface area (Å²) in [6.07, 6.45) is 0. The zero-order chi connectivity index (χ0) is 9.14. The molecular formula is C9H9FN2. The predicted octanol–water partition coefficient (Wildman–Crippen LogP) is 2.05. The number of nitrogens with one attached hydrogen (secondary N) is 1. The van der Waals surface area contributed by atoms with Crippen molar-refractivity contribution in [2.75, 3.05) is 12.4 Å². The Labute approximate surface area is 70.6 Å². The Morgan fingerprint density at radius 3 is 2.67 bits per heavy atom. The van der Waals surface area contributed by atoms with E-state index in [-0.39, 0.29) is 5.82 Å². The van der Waals surface area contributed by atoms with Crippen molar-refractivity contribution in [3.63, 3.8) is 0 Å². The first-order valence-electron chi connectivity index (χ1n) is 3.57. The van der Waals surface area contributed by atoms with Gasteiger partial charge in [-0.25, -0.2) is 4.39 Å². The van der Waals surface area contributed by atoms with Crippen LogP contribution in [0.25, 0.3) is 0 Å². The molecular weight excluding hydrogens is 155 g/mol. The summed E-state index contributed by atoms with van der Waals surface area (Å²) in [6, 6.07) is 4.77. The monoisotopic (exact) mass is 164 g/mol. The molecule has 0 radical (unpaired) electrons. The van der Waals surface area contributed by atoms with Crippen molar-refractivity contribution in [1.29, 1.82) is 5.26 Å². The van der Waals surface area contributed by atoms with Crippen LogP contribution in [0.5, 0.6) is 0 Å². The van der Waals surface area contributed by atoms with Crippen LogP contribution in [0.1, 0.15) is 11.1 Å². The van der Waals surface area contributed by atoms with Crippen LogP contribution >= 0.6 is 0 Å². The third-order valence-corrected chi connectivity index (χ3v) is 1.69. The average molecular weight is 164 g/mol. The summed E-state index contributed by atoms with van der Waals surface area (Å²) in [5.41, 5.74) is 1.54. The van der Waals surface area contributed by atoms with Gasteiger partial charge in [-0.3, -0.25) is 0 Å². The summed E-state index contributed by atoms with van der Waals surface area (Å²) in [6.45, 7) is 1.66. The van der Waals surface area contributed by atoms with Crippen LogP contribution < -0.4 is 5.32 Å². The molecule has 0 aromatic heterocycles. The molecule has 0 unspecified atom stereocenters. The fourth-order valence-corrected chi connectivity index (χ4v) is 0.981. The first-order valence-corrected chi connectivity index (χ1v) is 3.57. The van der Waals surface area contributed by atoms with E-state index in [1.165, 1.54) is 6.07 Å². The second-order valence-corrected chi connectivity index (χ2v) is 2.51. The Hall–Kier alpha value is -1.56. The number of halogens is 1. The third-order valence-electron chi connectivity index (χ3n) is 1.69. The van der Waals surface area contributed by atoms with Gasteiger partial charge in [-0.05, 0) is 24.6 Å². The number of aryl methyl sites for hydroxylation is 1. The Kier molecular flexibility index (Phi) is 2.29. The van der Waals surface area contributed by atoms with E-state index in [9.17, 15) is 4.39 Å². The SMILES string of the molecule is CNc1cc(C)c(F)cc1C#N. The molecule has 1 N–H and O–H groups in total. The van der Waals surface area contributed by atoms with Gasteiger partial charge in [-0.2, -0.15) is 5.26 Å². The van der Waals surface area contributed by atoms with E-state index in [0.29, 0.717) is 16.8 Å². The number of hydrogen-bond acceptors (Lipinski definition) is 2. The molecule has 0 spiro atoms. The number of rotatable bonds is 1. The lowest BCUT2D eigenvalue weighted by Gasteiger charge is -2.04. The van der Waals surface area contributed by atoms with Gasteiger partial charge in [0.05, 0.1) is 11.3 Å². The first-order chi connectivity index (χ1) is 5.69. The highest BCUT2D eigenvalue weighted by molar-refractivity contribution is 5.58. The Balaban J connectivity index is 3.31. The minimum atomic E-state index is -0.342. The maximum atomic E-state index is 12.9. The minimum Gasteiger partial charge on any atom is -0.387 e. The summed E-state index contributed by atoms with van der Waals surface area (Å²) in [4.78, 5) is 0. The van der Waals surface area contributed by atoms with E-state index in [2.05, 4.69) is 5.32 Å². The van der Waals surface area contributed by atoms with Crippen molar-refractivity contribution < 1.29 is 4.39 Å². The van der Waals surface area contributed by atoms with Crippen LogP contribution in [0, 0.1) is 24.1 Å². The molecule has 3 heteroatoms. The third kappa shape index (κ3) is 1.37. The van der Waals surface area contributed by atoms with Crippen molar-refractivity contribution in [3.05, 3.63) is 29.1 Å². The number of anilines is 1. The van der Waals surface area contributed by atoms with Crippen LogP contribution in [0.15, 0.2) is 12.1 Å². The van der Waals surface area contributed by atoms with Gasteiger partial charge < -0.3 is 5.32 Å². The van der Waals surface area contributed by atoms with Gasteiger partial charge in [0.25, 0.3) is 0 Å². The van der Waals surface area contributed by atoms with E-state index >= 15 is 0 Å². The van der Waals surface area contributed by atoms with Gasteiger partial charge in [0.15, 0.2) is 0 Å². The zero-order valence-electron chi connectivity index (χ0n) is 6.98. The maximum absolute atomic E-state index is 12.9. The van der Waals surface area contributed by atoms with Gasteiger partial charge in [-0.15, -0.1) is 0 Å². The smallest absolute Gasteiger partial charge is 0.127 e. The highest BCUT2D eigenvalue weighted by atomic mass is 19.1. The molecule has 1 aromatic rings. The van der Waals surface area contributed by atoms with Crippen LogP contribution in [-0.2, 0) is 0 Å². The topological polar surface area (TPSA) is 35.8 Å². The van der Waals surface area contributed by atoms with Crippen molar-refractivity contribution in [3.8, 4) is 6.07 Å². The molecule has 1 rings (SSSR count). The molecule has 0 atom stereocenters. The van der Waals surface area contributed by atoms with Crippen LogP contribution in [0.4, 0.5) is 10.1 Å². The molecule has 0 aliphatic heterocycles. The van der Waals surface area contributed by atoms with E-state index in [4.69, 9.17) is 5.26 Å². The van der Waals surface area contributed by atoms with E-state index in [1.54, 1.807) is 20.0 Å². The van der Waals surface area contributed by atoms with Crippen LogP contribution in [0.2, 0.25) is 0 Å². The van der Waals surface area contributed by atoms with Crippen molar-refractivity contribution in [2.45, 2.75) is 6.92 Å². The largest absolute Gasteiger partial charge is 0.387 e. The quantitative estimate of drug-likeness (QED) is 0.689. The van der Waals surface area contributed by atoms with E-state index in [0.717, 1.165) is 0 Å². The lowest BCUT2D eigenvalue weighted by Crippen LogP contribution is -1.95. The normalized spacial score (nSPS) is 9.17. The molecule has 0 fully saturated rings.